The standard InChI is InChI=1S/C21H22F2N4O3S/c1-31-20-16(12-5-6-12)19(28)13(21(29)30)10-24-11-14(22)18(17(20)23)27-9-8-26-15-4-2-3-7-25-15/h2-4,7,10-12,24,27H,5-6,8-9H2,1H3,(H,25,26)(H,29,30). The van der Waals surface area contributed by atoms with Crippen molar-refractivity contribution in [2.24, 2.45) is 0 Å². The third-order valence-corrected chi connectivity index (χ3v) is 5.45. The number of carboxylic acids is 1. The molecule has 31 heavy (non-hydrogen) atoms. The summed E-state index contributed by atoms with van der Waals surface area (Å²) < 4.78 is 30.3. The second-order valence-electron chi connectivity index (χ2n) is 6.83. The highest BCUT2D eigenvalue weighted by Crippen LogP contribution is 2.43. The summed E-state index contributed by atoms with van der Waals surface area (Å²) in [6, 6.07) is 5.35. The van der Waals surface area contributed by atoms with Gasteiger partial charge in [0.05, 0.1) is 4.90 Å². The van der Waals surface area contributed by atoms with Gasteiger partial charge in [-0.05, 0) is 37.1 Å². The van der Waals surface area contributed by atoms with Crippen molar-refractivity contribution in [2.75, 3.05) is 30.0 Å². The first-order valence-corrected chi connectivity index (χ1v) is 10.8. The first kappa shape index (κ1) is 22.5. The van der Waals surface area contributed by atoms with Crippen LogP contribution >= 0.6 is 11.8 Å². The van der Waals surface area contributed by atoms with Crippen molar-refractivity contribution in [3.8, 4) is 0 Å². The minimum absolute atomic E-state index is 0.0507. The molecule has 1 saturated carbocycles. The van der Waals surface area contributed by atoms with Gasteiger partial charge in [-0.2, -0.15) is 0 Å². The van der Waals surface area contributed by atoms with Gasteiger partial charge in [-0.1, -0.05) is 6.07 Å². The Morgan fingerprint density at radius 2 is 2.00 bits per heavy atom. The van der Waals surface area contributed by atoms with Gasteiger partial charge in [-0.25, -0.2) is 18.6 Å². The smallest absolute Gasteiger partial charge is 0.341 e. The van der Waals surface area contributed by atoms with E-state index in [9.17, 15) is 19.1 Å². The molecule has 1 fully saturated rings. The number of anilines is 2. The van der Waals surface area contributed by atoms with Gasteiger partial charge in [-0.15, -0.1) is 11.8 Å². The van der Waals surface area contributed by atoms with E-state index in [1.165, 1.54) is 0 Å². The van der Waals surface area contributed by atoms with E-state index < -0.39 is 34.3 Å². The van der Waals surface area contributed by atoms with Crippen LogP contribution in [0, 0.1) is 11.6 Å². The lowest BCUT2D eigenvalue weighted by Gasteiger charge is -2.12. The largest absolute Gasteiger partial charge is 0.477 e. The summed E-state index contributed by atoms with van der Waals surface area (Å²) in [5.41, 5.74) is -1.67. The summed E-state index contributed by atoms with van der Waals surface area (Å²) in [6.07, 6.45) is 6.22. The highest BCUT2D eigenvalue weighted by molar-refractivity contribution is 7.98. The predicted octanol–water partition coefficient (Wildman–Crippen LogP) is 3.99. The number of H-pyrrole nitrogens is 1. The summed E-state index contributed by atoms with van der Waals surface area (Å²) in [4.78, 5) is 30.8. The molecule has 0 unspecified atom stereocenters. The zero-order valence-electron chi connectivity index (χ0n) is 16.7. The molecule has 0 aliphatic heterocycles. The molecule has 2 aromatic rings. The summed E-state index contributed by atoms with van der Waals surface area (Å²) in [6.45, 7) is 0.509. The molecular formula is C21H22F2N4O3S. The average Bonchev–Trinajstić information content (AvgIpc) is 3.59. The Kier molecular flexibility index (Phi) is 7.45. The van der Waals surface area contributed by atoms with E-state index in [4.69, 9.17) is 0 Å². The fourth-order valence-electron chi connectivity index (χ4n) is 3.03. The summed E-state index contributed by atoms with van der Waals surface area (Å²) in [5, 5.41) is 15.1. The third kappa shape index (κ3) is 5.52. The van der Waals surface area contributed by atoms with Gasteiger partial charge in [0, 0.05) is 37.2 Å². The first-order valence-electron chi connectivity index (χ1n) is 9.61. The van der Waals surface area contributed by atoms with Gasteiger partial charge in [0.1, 0.15) is 17.1 Å². The van der Waals surface area contributed by atoms with E-state index in [-0.39, 0.29) is 22.9 Å². The fourth-order valence-corrected chi connectivity index (χ4v) is 3.79. The molecule has 0 amide bonds. The van der Waals surface area contributed by atoms with Crippen molar-refractivity contribution in [2.45, 2.75) is 23.7 Å². The van der Waals surface area contributed by atoms with Crippen LogP contribution in [-0.4, -0.2) is 40.4 Å². The van der Waals surface area contributed by atoms with Crippen LogP contribution in [0.5, 0.6) is 0 Å². The zero-order chi connectivity index (χ0) is 22.4. The predicted molar refractivity (Wildman–Crippen MR) is 117 cm³/mol. The first-order chi connectivity index (χ1) is 14.9. The Morgan fingerprint density at radius 3 is 2.61 bits per heavy atom. The average molecular weight is 448 g/mol. The highest BCUT2D eigenvalue weighted by atomic mass is 32.2. The van der Waals surface area contributed by atoms with Gasteiger partial charge in [-0.3, -0.25) is 4.79 Å². The molecule has 1 aliphatic carbocycles. The van der Waals surface area contributed by atoms with Crippen LogP contribution in [0.1, 0.15) is 34.7 Å². The number of nitrogens with one attached hydrogen (secondary N) is 3. The zero-order valence-corrected chi connectivity index (χ0v) is 17.6. The number of hydrogen-bond acceptors (Lipinski definition) is 6. The van der Waals surface area contributed by atoms with Gasteiger partial charge in [0.25, 0.3) is 0 Å². The number of pyridine rings is 1. The quantitative estimate of drug-likeness (QED) is 0.357. The molecule has 2 heterocycles. The summed E-state index contributed by atoms with van der Waals surface area (Å²) in [5.74, 6) is -2.97. The Hall–Kier alpha value is -3.14. The van der Waals surface area contributed by atoms with Crippen LogP contribution in [0.4, 0.5) is 20.3 Å². The lowest BCUT2D eigenvalue weighted by Crippen LogP contribution is -2.19. The van der Waals surface area contributed by atoms with Crippen molar-refractivity contribution < 1.29 is 18.7 Å². The van der Waals surface area contributed by atoms with E-state index in [1.807, 2.05) is 6.07 Å². The number of rotatable bonds is 8. The number of carboxylic acid groups (broad SMARTS) is 1. The number of aromatic carboxylic acids is 1. The van der Waals surface area contributed by atoms with Crippen molar-refractivity contribution in [1.29, 1.82) is 0 Å². The lowest BCUT2D eigenvalue weighted by atomic mass is 10.1. The molecule has 0 saturated heterocycles. The molecule has 0 atom stereocenters. The molecule has 0 spiro atoms. The number of thioether (sulfide) groups is 1. The molecule has 4 N–H and O–H groups in total. The minimum atomic E-state index is -1.46. The van der Waals surface area contributed by atoms with Crippen molar-refractivity contribution in [3.63, 3.8) is 0 Å². The summed E-state index contributed by atoms with van der Waals surface area (Å²) in [7, 11) is 0. The Labute approximate surface area is 181 Å². The van der Waals surface area contributed by atoms with Gasteiger partial charge < -0.3 is 20.7 Å². The van der Waals surface area contributed by atoms with Crippen molar-refractivity contribution >= 4 is 29.2 Å². The van der Waals surface area contributed by atoms with Gasteiger partial charge in [0.15, 0.2) is 17.1 Å². The van der Waals surface area contributed by atoms with Crippen LogP contribution in [0.3, 0.4) is 0 Å². The van der Waals surface area contributed by atoms with Crippen molar-refractivity contribution in [1.82, 2.24) is 9.97 Å². The topological polar surface area (TPSA) is 107 Å². The SMILES string of the molecule is CSc1c(F)c(NCCNc2ccccn2)c(F)c[nH]cc(C(=O)O)c(=O)c1C1CC1. The van der Waals surface area contributed by atoms with Gasteiger partial charge >= 0.3 is 5.97 Å². The maximum Gasteiger partial charge on any atom is 0.341 e. The Bertz CT molecular complexity index is 1070. The lowest BCUT2D eigenvalue weighted by molar-refractivity contribution is 0.0695. The summed E-state index contributed by atoms with van der Waals surface area (Å²) >= 11 is 0.954. The van der Waals surface area contributed by atoms with Crippen LogP contribution < -0.4 is 16.1 Å². The maximum absolute atomic E-state index is 15.5. The van der Waals surface area contributed by atoms with E-state index >= 15 is 4.39 Å². The number of nitrogens with zero attached hydrogens (tertiary/aromatic N) is 1. The van der Waals surface area contributed by atoms with E-state index in [0.717, 1.165) is 24.2 Å². The van der Waals surface area contributed by atoms with E-state index in [2.05, 4.69) is 20.6 Å². The Balaban J connectivity index is 2.03. The number of aromatic nitrogens is 2. The number of hydrogen-bond donors (Lipinski definition) is 4. The van der Waals surface area contributed by atoms with Gasteiger partial charge in [0.2, 0.25) is 0 Å². The van der Waals surface area contributed by atoms with Crippen LogP contribution in [-0.2, 0) is 0 Å². The molecule has 1 aliphatic rings. The number of carbonyl (C=O) groups is 1. The van der Waals surface area contributed by atoms with E-state index in [0.29, 0.717) is 25.2 Å². The van der Waals surface area contributed by atoms with Crippen LogP contribution in [0.25, 0.3) is 0 Å². The molecule has 10 heteroatoms. The third-order valence-electron chi connectivity index (χ3n) is 4.65. The number of aromatic amines is 1. The number of halogens is 2. The maximum atomic E-state index is 15.5. The normalized spacial score (nSPS) is 12.7. The monoisotopic (exact) mass is 448 g/mol. The Morgan fingerprint density at radius 1 is 1.26 bits per heavy atom. The van der Waals surface area contributed by atoms with Crippen molar-refractivity contribution in [3.05, 3.63) is 69.8 Å². The molecule has 3 rings (SSSR count). The second kappa shape index (κ2) is 10.3. The van der Waals surface area contributed by atoms with Crippen LogP contribution in [0.15, 0.2) is 46.5 Å². The molecule has 7 nitrogen and oxygen atoms in total. The second-order valence-corrected chi connectivity index (χ2v) is 7.65. The molecule has 0 radical (unpaired) electrons. The van der Waals surface area contributed by atoms with Crippen LogP contribution in [0.2, 0.25) is 0 Å². The molecular weight excluding hydrogens is 426 g/mol. The minimum Gasteiger partial charge on any atom is -0.477 e. The highest BCUT2D eigenvalue weighted by Gasteiger charge is 2.31. The molecule has 2 aromatic heterocycles. The molecule has 0 aromatic carbocycles. The molecule has 164 valence electrons. The fraction of sp³-hybridized carbons (Fsp3) is 0.286. The molecule has 0 bridgehead atoms. The van der Waals surface area contributed by atoms with E-state index in [1.54, 1.807) is 24.6 Å².